The summed E-state index contributed by atoms with van der Waals surface area (Å²) in [5, 5.41) is 3.04. The number of esters is 1. The molecule has 1 heterocycles. The van der Waals surface area contributed by atoms with Gasteiger partial charge in [0.2, 0.25) is 5.91 Å². The Balaban J connectivity index is 1.94. The molecule has 0 aromatic heterocycles. The Bertz CT molecular complexity index is 605. The lowest BCUT2D eigenvalue weighted by Gasteiger charge is -2.25. The second kappa shape index (κ2) is 9.56. The number of hydrogen-bond donors (Lipinski definition) is 1. The molecule has 1 aliphatic rings. The molecular weight excluding hydrogens is 342 g/mol. The third-order valence-electron chi connectivity index (χ3n) is 3.67. The number of amides is 1. The molecule has 1 N–H and O–H groups in total. The maximum Gasteiger partial charge on any atom is 0.315 e. The minimum Gasteiger partial charge on any atom is -0.486 e. The topological polar surface area (TPSA) is 73.9 Å². The molecular formula is C18H25NO5S. The average Bonchev–Trinajstić information content (AvgIpc) is 2.59. The van der Waals surface area contributed by atoms with Crippen LogP contribution in [0.3, 0.4) is 0 Å². The summed E-state index contributed by atoms with van der Waals surface area (Å²) >= 11 is 1.25. The third kappa shape index (κ3) is 5.85. The van der Waals surface area contributed by atoms with Gasteiger partial charge in [-0.25, -0.2) is 0 Å². The van der Waals surface area contributed by atoms with Gasteiger partial charge >= 0.3 is 5.97 Å². The Labute approximate surface area is 152 Å². The van der Waals surface area contributed by atoms with E-state index < -0.39 is 0 Å². The fraction of sp³-hybridized carbons (Fsp3) is 0.556. The van der Waals surface area contributed by atoms with E-state index >= 15 is 0 Å². The van der Waals surface area contributed by atoms with Crippen molar-refractivity contribution in [2.75, 3.05) is 31.3 Å². The average molecular weight is 367 g/mol. The van der Waals surface area contributed by atoms with Crippen molar-refractivity contribution < 1.29 is 23.8 Å². The van der Waals surface area contributed by atoms with E-state index in [0.717, 1.165) is 11.3 Å². The van der Waals surface area contributed by atoms with Crippen LogP contribution in [0, 0.1) is 5.92 Å². The number of nitrogens with one attached hydrogen (secondary N) is 1. The second-order valence-electron chi connectivity index (χ2n) is 5.99. The summed E-state index contributed by atoms with van der Waals surface area (Å²) in [5.74, 6) is 1.63. The van der Waals surface area contributed by atoms with Gasteiger partial charge in [0, 0.05) is 0 Å². The predicted octanol–water partition coefficient (Wildman–Crippen LogP) is 2.57. The molecule has 0 bridgehead atoms. The molecule has 6 nitrogen and oxygen atoms in total. The molecule has 1 aliphatic heterocycles. The minimum absolute atomic E-state index is 0.108. The molecule has 1 amide bonds. The van der Waals surface area contributed by atoms with E-state index in [9.17, 15) is 9.59 Å². The smallest absolute Gasteiger partial charge is 0.315 e. The Morgan fingerprint density at radius 2 is 1.92 bits per heavy atom. The number of thioether (sulfide) groups is 1. The van der Waals surface area contributed by atoms with Crippen molar-refractivity contribution in [3.05, 3.63) is 23.8 Å². The van der Waals surface area contributed by atoms with Crippen LogP contribution in [0.1, 0.15) is 32.4 Å². The zero-order chi connectivity index (χ0) is 18.2. The summed E-state index contributed by atoms with van der Waals surface area (Å²) in [5.41, 5.74) is 0.975. The van der Waals surface area contributed by atoms with Crippen LogP contribution in [0.15, 0.2) is 18.2 Å². The van der Waals surface area contributed by atoms with Gasteiger partial charge in [0.05, 0.1) is 24.2 Å². The summed E-state index contributed by atoms with van der Waals surface area (Å²) in [7, 11) is 0. The molecule has 2 rings (SSSR count). The lowest BCUT2D eigenvalue weighted by molar-refractivity contribution is -0.139. The maximum absolute atomic E-state index is 12.2. The van der Waals surface area contributed by atoms with E-state index in [0.29, 0.717) is 25.6 Å². The number of fused-ring (bicyclic) bond motifs is 1. The highest BCUT2D eigenvalue weighted by Crippen LogP contribution is 2.34. The van der Waals surface area contributed by atoms with E-state index in [4.69, 9.17) is 14.2 Å². The first-order chi connectivity index (χ1) is 12.0. The monoisotopic (exact) mass is 367 g/mol. The highest BCUT2D eigenvalue weighted by atomic mass is 32.2. The van der Waals surface area contributed by atoms with Crippen LogP contribution < -0.4 is 14.8 Å². The lowest BCUT2D eigenvalue weighted by atomic mass is 9.95. The molecule has 0 saturated carbocycles. The van der Waals surface area contributed by atoms with Crippen molar-refractivity contribution in [3.8, 4) is 11.5 Å². The normalized spacial score (nSPS) is 14.1. The van der Waals surface area contributed by atoms with Crippen LogP contribution >= 0.6 is 11.8 Å². The summed E-state index contributed by atoms with van der Waals surface area (Å²) in [6.45, 7) is 7.29. The highest BCUT2D eigenvalue weighted by Gasteiger charge is 2.21. The van der Waals surface area contributed by atoms with Crippen LogP contribution in [-0.2, 0) is 14.3 Å². The van der Waals surface area contributed by atoms with Crippen LogP contribution in [0.25, 0.3) is 0 Å². The SMILES string of the molecule is CCOC(=O)CSCC(=O)N[C@@H](c1ccc2c(c1)OCCO2)C(C)C. The lowest BCUT2D eigenvalue weighted by Crippen LogP contribution is -2.33. The van der Waals surface area contributed by atoms with E-state index in [-0.39, 0.29) is 35.3 Å². The van der Waals surface area contributed by atoms with Gasteiger partial charge in [0.15, 0.2) is 11.5 Å². The summed E-state index contributed by atoms with van der Waals surface area (Å²) in [6.07, 6.45) is 0. The molecule has 1 atom stereocenters. The van der Waals surface area contributed by atoms with Crippen molar-refractivity contribution in [3.63, 3.8) is 0 Å². The van der Waals surface area contributed by atoms with Crippen LogP contribution in [-0.4, -0.2) is 43.2 Å². The number of ether oxygens (including phenoxy) is 3. The number of benzene rings is 1. The summed E-state index contributed by atoms with van der Waals surface area (Å²) < 4.78 is 16.0. The second-order valence-corrected chi connectivity index (χ2v) is 6.98. The standard InChI is InChI=1S/C18H25NO5S/c1-4-22-17(21)11-25-10-16(20)19-18(12(2)3)13-5-6-14-15(9-13)24-8-7-23-14/h5-6,9,12,18H,4,7-8,10-11H2,1-3H3,(H,19,20)/t18-/m1/s1. The fourth-order valence-corrected chi connectivity index (χ4v) is 3.15. The van der Waals surface area contributed by atoms with Gasteiger partial charge in [-0.3, -0.25) is 9.59 Å². The van der Waals surface area contributed by atoms with Gasteiger partial charge in [-0.2, -0.15) is 0 Å². The van der Waals surface area contributed by atoms with Gasteiger partial charge < -0.3 is 19.5 Å². The molecule has 25 heavy (non-hydrogen) atoms. The van der Waals surface area contributed by atoms with E-state index in [2.05, 4.69) is 5.32 Å². The van der Waals surface area contributed by atoms with E-state index in [1.165, 1.54) is 11.8 Å². The predicted molar refractivity (Wildman–Crippen MR) is 97.1 cm³/mol. The van der Waals surface area contributed by atoms with Crippen LogP contribution in [0.5, 0.6) is 11.5 Å². The molecule has 0 unspecified atom stereocenters. The van der Waals surface area contributed by atoms with Crippen molar-refractivity contribution in [2.24, 2.45) is 5.92 Å². The van der Waals surface area contributed by atoms with Crippen LogP contribution in [0.2, 0.25) is 0 Å². The molecule has 0 fully saturated rings. The largest absolute Gasteiger partial charge is 0.486 e. The molecule has 1 aromatic carbocycles. The number of rotatable bonds is 8. The summed E-state index contributed by atoms with van der Waals surface area (Å²) in [4.78, 5) is 23.5. The van der Waals surface area contributed by atoms with Gasteiger partial charge in [-0.15, -0.1) is 11.8 Å². The Morgan fingerprint density at radius 1 is 1.20 bits per heavy atom. The Kier molecular flexibility index (Phi) is 7.43. The molecule has 7 heteroatoms. The zero-order valence-corrected chi connectivity index (χ0v) is 15.7. The van der Waals surface area contributed by atoms with Gasteiger partial charge in [0.1, 0.15) is 13.2 Å². The molecule has 0 radical (unpaired) electrons. The molecule has 0 aliphatic carbocycles. The number of hydrogen-bond acceptors (Lipinski definition) is 6. The van der Waals surface area contributed by atoms with Crippen molar-refractivity contribution in [1.29, 1.82) is 0 Å². The third-order valence-corrected chi connectivity index (χ3v) is 4.57. The number of carbonyl (C=O) groups excluding carboxylic acids is 2. The van der Waals surface area contributed by atoms with Gasteiger partial charge in [0.25, 0.3) is 0 Å². The zero-order valence-electron chi connectivity index (χ0n) is 14.9. The minimum atomic E-state index is -0.299. The quantitative estimate of drug-likeness (QED) is 0.712. The Morgan fingerprint density at radius 3 is 2.60 bits per heavy atom. The molecule has 138 valence electrons. The van der Waals surface area contributed by atoms with Crippen LogP contribution in [0.4, 0.5) is 0 Å². The first-order valence-electron chi connectivity index (χ1n) is 8.43. The molecule has 0 spiro atoms. The molecule has 0 saturated heterocycles. The van der Waals surface area contributed by atoms with Gasteiger partial charge in [-0.1, -0.05) is 19.9 Å². The summed E-state index contributed by atoms with van der Waals surface area (Å²) in [6, 6.07) is 5.61. The van der Waals surface area contributed by atoms with Crippen molar-refractivity contribution in [2.45, 2.75) is 26.8 Å². The van der Waals surface area contributed by atoms with E-state index in [1.54, 1.807) is 6.92 Å². The molecule has 1 aromatic rings. The van der Waals surface area contributed by atoms with Crippen molar-refractivity contribution >= 4 is 23.6 Å². The number of carbonyl (C=O) groups is 2. The first-order valence-corrected chi connectivity index (χ1v) is 9.59. The highest BCUT2D eigenvalue weighted by molar-refractivity contribution is 8.00. The maximum atomic E-state index is 12.2. The first kappa shape index (κ1) is 19.4. The Hall–Kier alpha value is -1.89. The van der Waals surface area contributed by atoms with Crippen molar-refractivity contribution in [1.82, 2.24) is 5.32 Å². The van der Waals surface area contributed by atoms with Gasteiger partial charge in [-0.05, 0) is 30.5 Å². The fourth-order valence-electron chi connectivity index (χ4n) is 2.53. The van der Waals surface area contributed by atoms with E-state index in [1.807, 2.05) is 32.0 Å².